The van der Waals surface area contributed by atoms with E-state index in [1.807, 2.05) is 30.3 Å². The van der Waals surface area contributed by atoms with E-state index in [0.29, 0.717) is 23.5 Å². The summed E-state index contributed by atoms with van der Waals surface area (Å²) in [6, 6.07) is 20.5. The van der Waals surface area contributed by atoms with Gasteiger partial charge in [0.25, 0.3) is 0 Å². The van der Waals surface area contributed by atoms with Gasteiger partial charge in [-0.05, 0) is 53.8 Å². The summed E-state index contributed by atoms with van der Waals surface area (Å²) in [6.45, 7) is -0.622. The molecule has 3 aromatic rings. The minimum Gasteiger partial charge on any atom is -0.489 e. The Kier molecular flexibility index (Phi) is 10.4. The molecule has 0 radical (unpaired) electrons. The van der Waals surface area contributed by atoms with Gasteiger partial charge < -0.3 is 25.4 Å². The van der Waals surface area contributed by atoms with Crippen LogP contribution in [0.5, 0.6) is 11.5 Å². The van der Waals surface area contributed by atoms with Crippen molar-refractivity contribution in [3.63, 3.8) is 0 Å². The summed E-state index contributed by atoms with van der Waals surface area (Å²) in [7, 11) is 0. The van der Waals surface area contributed by atoms with E-state index >= 15 is 0 Å². The number of aryl methyl sites for hydroxylation is 1. The number of hydrogen-bond acceptors (Lipinski definition) is 5. The smallest absolute Gasteiger partial charge is 0.419 e. The van der Waals surface area contributed by atoms with Gasteiger partial charge in [-0.1, -0.05) is 48.5 Å². The van der Waals surface area contributed by atoms with Crippen LogP contribution in [0.3, 0.4) is 0 Å². The highest BCUT2D eigenvalue weighted by atomic mass is 35.5. The van der Waals surface area contributed by atoms with Crippen LogP contribution in [0.15, 0.2) is 72.8 Å². The van der Waals surface area contributed by atoms with Gasteiger partial charge >= 0.3 is 6.18 Å². The van der Waals surface area contributed by atoms with Crippen LogP contribution in [-0.2, 0) is 25.8 Å². The molecule has 190 valence electrons. The molecule has 0 heterocycles. The molecule has 0 spiro atoms. The fraction of sp³-hybridized carbons (Fsp3) is 0.308. The molecule has 0 aromatic heterocycles. The number of alkyl halides is 3. The second kappa shape index (κ2) is 12.8. The van der Waals surface area contributed by atoms with Gasteiger partial charge in [0.05, 0.1) is 24.3 Å². The maximum absolute atomic E-state index is 13.7. The van der Waals surface area contributed by atoms with Crippen molar-refractivity contribution in [2.75, 3.05) is 13.2 Å². The van der Waals surface area contributed by atoms with E-state index in [2.05, 4.69) is 0 Å². The van der Waals surface area contributed by atoms with E-state index in [9.17, 15) is 23.4 Å². The second-order valence-corrected chi connectivity index (χ2v) is 8.22. The first-order chi connectivity index (χ1) is 16.2. The lowest BCUT2D eigenvalue weighted by Crippen LogP contribution is -2.47. The first kappa shape index (κ1) is 28.5. The molecule has 0 fully saturated rings. The number of rotatable bonds is 11. The quantitative estimate of drug-likeness (QED) is 0.341. The Labute approximate surface area is 208 Å². The molecule has 0 aliphatic carbocycles. The molecule has 3 aromatic carbocycles. The highest BCUT2D eigenvalue weighted by Gasteiger charge is 2.35. The highest BCUT2D eigenvalue weighted by Crippen LogP contribution is 2.37. The third-order valence-electron chi connectivity index (χ3n) is 5.43. The Balaban J connectivity index is 0.00000432. The molecule has 4 N–H and O–H groups in total. The summed E-state index contributed by atoms with van der Waals surface area (Å²) in [5.41, 5.74) is 5.73. The number of halogens is 4. The fourth-order valence-corrected chi connectivity index (χ4v) is 3.31. The Morgan fingerprint density at radius 3 is 2.06 bits per heavy atom. The van der Waals surface area contributed by atoms with Crippen LogP contribution in [0.4, 0.5) is 13.2 Å². The van der Waals surface area contributed by atoms with E-state index in [0.717, 1.165) is 11.6 Å². The third-order valence-corrected chi connectivity index (χ3v) is 5.43. The lowest BCUT2D eigenvalue weighted by atomic mass is 9.93. The van der Waals surface area contributed by atoms with Gasteiger partial charge in [0.1, 0.15) is 24.7 Å². The maximum atomic E-state index is 13.7. The normalized spacial score (nSPS) is 11.6. The first-order valence-corrected chi connectivity index (χ1v) is 10.8. The molecule has 0 atom stereocenters. The van der Waals surface area contributed by atoms with Crippen molar-refractivity contribution in [2.45, 2.75) is 37.8 Å². The van der Waals surface area contributed by atoms with Crippen LogP contribution in [0.1, 0.15) is 28.7 Å². The minimum atomic E-state index is -4.61. The SMILES string of the molecule is Cl.NC(CO)(CO)CCc1ccc(OCc2cccc(OCc3ccccc3)c2)c(C(F)(F)F)c1. The molecule has 5 nitrogen and oxygen atoms in total. The lowest BCUT2D eigenvalue weighted by molar-refractivity contribution is -0.139. The second-order valence-electron chi connectivity index (χ2n) is 8.22. The van der Waals surface area contributed by atoms with Crippen LogP contribution in [0, 0.1) is 0 Å². The molecule has 0 saturated carbocycles. The van der Waals surface area contributed by atoms with Crippen LogP contribution in [-0.4, -0.2) is 29.0 Å². The van der Waals surface area contributed by atoms with Gasteiger partial charge in [0.15, 0.2) is 0 Å². The largest absolute Gasteiger partial charge is 0.489 e. The van der Waals surface area contributed by atoms with Crippen molar-refractivity contribution >= 4 is 12.4 Å². The number of nitrogens with two attached hydrogens (primary N) is 1. The Bertz CT molecular complexity index is 1060. The standard InChI is InChI=1S/C26H28F3NO4.ClH/c27-26(28,29)23-14-19(11-12-25(30,17-31)18-32)9-10-24(23)34-16-21-7-4-8-22(13-21)33-15-20-5-2-1-3-6-20;/h1-10,13-14,31-32H,11-12,15-18,30H2;1H. The summed E-state index contributed by atoms with van der Waals surface area (Å²) in [5.74, 6) is 0.310. The Morgan fingerprint density at radius 2 is 1.40 bits per heavy atom. The molecular weight excluding hydrogens is 483 g/mol. The Hall–Kier alpha value is -2.78. The summed E-state index contributed by atoms with van der Waals surface area (Å²) < 4.78 is 52.3. The van der Waals surface area contributed by atoms with E-state index < -0.39 is 30.5 Å². The molecule has 35 heavy (non-hydrogen) atoms. The average molecular weight is 512 g/mol. The van der Waals surface area contributed by atoms with Gasteiger partial charge in [0, 0.05) is 0 Å². The van der Waals surface area contributed by atoms with Gasteiger partial charge in [-0.2, -0.15) is 13.2 Å². The monoisotopic (exact) mass is 511 g/mol. The van der Waals surface area contributed by atoms with Crippen molar-refractivity contribution in [1.82, 2.24) is 0 Å². The maximum Gasteiger partial charge on any atom is 0.419 e. The molecule has 3 rings (SSSR count). The van der Waals surface area contributed by atoms with Gasteiger partial charge in [-0.15, -0.1) is 12.4 Å². The van der Waals surface area contributed by atoms with Crippen LogP contribution >= 0.6 is 12.4 Å². The van der Waals surface area contributed by atoms with Gasteiger partial charge in [-0.3, -0.25) is 0 Å². The van der Waals surface area contributed by atoms with Gasteiger partial charge in [-0.25, -0.2) is 0 Å². The summed E-state index contributed by atoms with van der Waals surface area (Å²) in [4.78, 5) is 0. The molecule has 0 saturated heterocycles. The molecule has 0 bridgehead atoms. The predicted molar refractivity (Wildman–Crippen MR) is 130 cm³/mol. The summed E-state index contributed by atoms with van der Waals surface area (Å²) in [6.07, 6.45) is -4.31. The first-order valence-electron chi connectivity index (χ1n) is 10.8. The van der Waals surface area contributed by atoms with E-state index in [4.69, 9.17) is 15.2 Å². The Morgan fingerprint density at radius 1 is 0.743 bits per heavy atom. The van der Waals surface area contributed by atoms with Crippen LogP contribution in [0.25, 0.3) is 0 Å². The average Bonchev–Trinajstić information content (AvgIpc) is 2.85. The number of ether oxygens (including phenoxy) is 2. The lowest BCUT2D eigenvalue weighted by Gasteiger charge is -2.24. The number of hydrogen-bond donors (Lipinski definition) is 3. The molecule has 0 aliphatic heterocycles. The molecule has 0 amide bonds. The van der Waals surface area contributed by atoms with Crippen molar-refractivity contribution in [3.8, 4) is 11.5 Å². The molecule has 0 unspecified atom stereocenters. The number of aliphatic hydroxyl groups excluding tert-OH is 2. The summed E-state index contributed by atoms with van der Waals surface area (Å²) in [5, 5.41) is 18.6. The van der Waals surface area contributed by atoms with E-state index in [1.165, 1.54) is 12.1 Å². The van der Waals surface area contributed by atoms with E-state index in [1.54, 1.807) is 24.3 Å². The number of aliphatic hydroxyl groups is 2. The molecule has 0 aliphatic rings. The zero-order valence-corrected chi connectivity index (χ0v) is 19.8. The van der Waals surface area contributed by atoms with Crippen molar-refractivity contribution < 1.29 is 32.9 Å². The van der Waals surface area contributed by atoms with Crippen molar-refractivity contribution in [1.29, 1.82) is 0 Å². The van der Waals surface area contributed by atoms with Crippen molar-refractivity contribution in [2.24, 2.45) is 5.73 Å². The zero-order valence-electron chi connectivity index (χ0n) is 19.0. The number of benzene rings is 3. The molecular formula is C26H29ClF3NO4. The zero-order chi connectivity index (χ0) is 24.6. The third kappa shape index (κ3) is 8.43. The minimum absolute atomic E-state index is 0. The van der Waals surface area contributed by atoms with E-state index in [-0.39, 0.29) is 37.6 Å². The van der Waals surface area contributed by atoms with Gasteiger partial charge in [0.2, 0.25) is 0 Å². The van der Waals surface area contributed by atoms with Crippen LogP contribution in [0.2, 0.25) is 0 Å². The molecule has 9 heteroatoms. The van der Waals surface area contributed by atoms with Crippen molar-refractivity contribution in [3.05, 3.63) is 95.1 Å². The summed E-state index contributed by atoms with van der Waals surface area (Å²) >= 11 is 0. The van der Waals surface area contributed by atoms with Crippen LogP contribution < -0.4 is 15.2 Å². The predicted octanol–water partition coefficient (Wildman–Crippen LogP) is 4.90. The topological polar surface area (TPSA) is 84.9 Å². The fourth-order valence-electron chi connectivity index (χ4n) is 3.31. The highest BCUT2D eigenvalue weighted by molar-refractivity contribution is 5.85.